The van der Waals surface area contributed by atoms with Gasteiger partial charge in [-0.25, -0.2) is 0 Å². The number of halogens is 3. The molecular weight excluding hydrogens is 444 g/mol. The number of fused-ring (bicyclic) bond motifs is 1. The maximum absolute atomic E-state index is 14.7. The van der Waals surface area contributed by atoms with Crippen LogP contribution in [0.2, 0.25) is 7.85 Å². The Morgan fingerprint density at radius 2 is 2.03 bits per heavy atom. The molecule has 2 aliphatic heterocycles. The van der Waals surface area contributed by atoms with Gasteiger partial charge in [0.25, 0.3) is 11.8 Å². The average molecular weight is 469 g/mol. The van der Waals surface area contributed by atoms with Crippen LogP contribution in [0.4, 0.5) is 8.78 Å². The van der Waals surface area contributed by atoms with Crippen LogP contribution in [0.25, 0.3) is 0 Å². The molecular formula is C22H18ClF2N3O4. The van der Waals surface area contributed by atoms with Crippen LogP contribution in [-0.4, -0.2) is 34.6 Å². The lowest BCUT2D eigenvalue weighted by Crippen LogP contribution is -2.52. The van der Waals surface area contributed by atoms with Gasteiger partial charge in [0.2, 0.25) is 11.8 Å². The molecule has 4 amide bonds. The zero-order chi connectivity index (χ0) is 29.2. The van der Waals surface area contributed by atoms with Crippen LogP contribution in [0.15, 0.2) is 42.5 Å². The van der Waals surface area contributed by atoms with E-state index in [2.05, 4.69) is 0 Å². The van der Waals surface area contributed by atoms with Crippen molar-refractivity contribution in [2.24, 2.45) is 0 Å². The molecule has 1 saturated heterocycles. The largest absolute Gasteiger partial charge is 0.349 e. The summed E-state index contributed by atoms with van der Waals surface area (Å²) in [4.78, 5) is 50.8. The molecule has 0 saturated carbocycles. The highest BCUT2D eigenvalue weighted by Gasteiger charge is 2.41. The summed E-state index contributed by atoms with van der Waals surface area (Å²) >= 11 is 5.68. The number of carbonyl (C=O) groups excluding carboxylic acids is 4. The van der Waals surface area contributed by atoms with Crippen molar-refractivity contribution in [1.82, 2.24) is 15.5 Å². The second kappa shape index (κ2) is 8.31. The first kappa shape index (κ1) is 14.7. The first-order chi connectivity index (χ1) is 17.9. The third-order valence-corrected chi connectivity index (χ3v) is 5.09. The van der Waals surface area contributed by atoms with E-state index in [1.165, 1.54) is 0 Å². The smallest absolute Gasteiger partial charge is 0.346 e. The van der Waals surface area contributed by atoms with Gasteiger partial charge in [-0.15, -0.1) is 0 Å². The van der Waals surface area contributed by atoms with Crippen molar-refractivity contribution in [2.75, 3.05) is 0 Å². The van der Waals surface area contributed by atoms with E-state index in [9.17, 15) is 28.0 Å². The Labute approximate surface area is 196 Å². The summed E-state index contributed by atoms with van der Waals surface area (Å²) in [6.07, 6.45) is -6.53. The van der Waals surface area contributed by atoms with Gasteiger partial charge in [0.1, 0.15) is 6.04 Å². The highest BCUT2D eigenvalue weighted by atomic mass is 35.5. The highest BCUT2D eigenvalue weighted by molar-refractivity contribution is 6.30. The molecule has 2 heterocycles. The average Bonchev–Trinajstić information content (AvgIpc) is 3.20. The molecule has 2 unspecified atom stereocenters. The first-order valence-electron chi connectivity index (χ1n) is 12.6. The summed E-state index contributed by atoms with van der Waals surface area (Å²) in [5.74, 6) is -10.3. The molecule has 4 rings (SSSR count). The van der Waals surface area contributed by atoms with E-state index >= 15 is 0 Å². The van der Waals surface area contributed by atoms with Gasteiger partial charge in [-0.05, 0) is 35.7 Å². The molecule has 0 radical (unpaired) electrons. The Morgan fingerprint density at radius 1 is 1.31 bits per heavy atom. The fourth-order valence-electron chi connectivity index (χ4n) is 3.24. The summed E-state index contributed by atoms with van der Waals surface area (Å²) in [6, 6.07) is 5.27. The molecule has 0 spiro atoms. The lowest BCUT2D eigenvalue weighted by molar-refractivity contribution is -0.147. The zero-order valence-corrected chi connectivity index (χ0v) is 16.8. The fraction of sp³-hybridized carbons (Fsp3) is 0.273. The predicted octanol–water partition coefficient (Wildman–Crippen LogP) is 2.51. The van der Waals surface area contributed by atoms with E-state index in [0.717, 1.165) is 42.5 Å². The molecule has 2 aliphatic rings. The van der Waals surface area contributed by atoms with Crippen molar-refractivity contribution < 1.29 is 37.6 Å². The van der Waals surface area contributed by atoms with Crippen molar-refractivity contribution in [2.45, 2.75) is 37.8 Å². The van der Waals surface area contributed by atoms with Gasteiger partial charge in [-0.3, -0.25) is 24.5 Å². The van der Waals surface area contributed by atoms with Gasteiger partial charge < -0.3 is 10.2 Å². The van der Waals surface area contributed by atoms with Gasteiger partial charge in [0, 0.05) is 41.1 Å². The van der Waals surface area contributed by atoms with Crippen molar-refractivity contribution in [3.63, 3.8) is 0 Å². The van der Waals surface area contributed by atoms with E-state index < -0.39 is 67.0 Å². The van der Waals surface area contributed by atoms with Crippen molar-refractivity contribution >= 4 is 35.2 Å². The summed E-state index contributed by atoms with van der Waals surface area (Å²) < 4.78 is 85.0. The number of carbonyl (C=O) groups is 4. The minimum atomic E-state index is -4.17. The normalized spacial score (nSPS) is 26.0. The summed E-state index contributed by atoms with van der Waals surface area (Å²) in [5.41, 5.74) is -0.940. The Morgan fingerprint density at radius 3 is 2.75 bits per heavy atom. The zero-order valence-electron chi connectivity index (χ0n) is 23.0. The number of benzene rings is 2. The van der Waals surface area contributed by atoms with Crippen molar-refractivity contribution in [3.8, 4) is 0 Å². The Hall–Kier alpha value is -3.33. The fourth-order valence-corrected chi connectivity index (χ4v) is 3.37. The lowest BCUT2D eigenvalue weighted by atomic mass is 10.0. The van der Waals surface area contributed by atoms with Crippen LogP contribution in [-0.2, 0) is 33.4 Å². The highest BCUT2D eigenvalue weighted by Crippen LogP contribution is 2.30. The Kier molecular flexibility index (Phi) is 3.81. The maximum atomic E-state index is 14.7. The number of imide groups is 1. The third-order valence-electron chi connectivity index (χ3n) is 4.84. The number of amides is 4. The molecule has 10 heteroatoms. The molecule has 166 valence electrons. The molecule has 2 aromatic carbocycles. The lowest BCUT2D eigenvalue weighted by Gasteiger charge is -2.29. The number of hydrogen-bond donors (Lipinski definition) is 2. The molecule has 0 aliphatic carbocycles. The summed E-state index contributed by atoms with van der Waals surface area (Å²) in [6.45, 7) is -2.50. The minimum absolute atomic E-state index is 0.0673. The van der Waals surface area contributed by atoms with E-state index in [0.29, 0.717) is 4.90 Å². The number of nitrogens with zero attached hydrogens (tertiary/aromatic N) is 1. The van der Waals surface area contributed by atoms with Crippen LogP contribution in [0.3, 0.4) is 0 Å². The Balaban J connectivity index is 1.60. The monoisotopic (exact) mass is 468 g/mol. The second-order valence-corrected chi connectivity index (χ2v) is 7.36. The summed E-state index contributed by atoms with van der Waals surface area (Å²) in [7, 11) is 0. The molecule has 2 N–H and O–H groups in total. The van der Waals surface area contributed by atoms with Gasteiger partial charge in [-0.1, -0.05) is 35.9 Å². The molecule has 0 aromatic heterocycles. The molecule has 7 nitrogen and oxygen atoms in total. The molecule has 2 aromatic rings. The maximum Gasteiger partial charge on any atom is 0.349 e. The third kappa shape index (κ3) is 4.08. The van der Waals surface area contributed by atoms with Gasteiger partial charge >= 0.3 is 5.92 Å². The summed E-state index contributed by atoms with van der Waals surface area (Å²) in [5, 5.41) is -0.435. The van der Waals surface area contributed by atoms with Crippen LogP contribution in [0, 0.1) is 0 Å². The van der Waals surface area contributed by atoms with Crippen LogP contribution < -0.4 is 10.6 Å². The van der Waals surface area contributed by atoms with Crippen LogP contribution >= 0.6 is 11.6 Å². The SMILES string of the molecule is [2H]C(c1ccc2c(c1)CN(C1C(=O)N([2H])C(=O)C([2H])([2H])C1([2H])[2H])C2=O)N([2H])C(=O)C(F)(F)c1ccc(Cl)cc1. The van der Waals surface area contributed by atoms with E-state index in [-0.39, 0.29) is 32.3 Å². The van der Waals surface area contributed by atoms with E-state index in [4.69, 9.17) is 21.3 Å². The number of alkyl halides is 2. The number of hydrogen-bond acceptors (Lipinski definition) is 4. The standard InChI is InChI=1S/C22H18ClF2N3O4/c23-15-4-2-14(3-5-15)22(24,25)21(32)26-10-12-1-6-16-13(9-12)11-28(20(16)31)17-7-8-18(29)27-19(17)30/h1-6,9,17H,7-8,10-11H2,(H,26,32)(H,27,29,30)/i7D2,8D2,10D/hD2. The van der Waals surface area contributed by atoms with E-state index in [1.54, 1.807) is 0 Å². The molecule has 2 atom stereocenters. The molecule has 32 heavy (non-hydrogen) atoms. The Bertz CT molecular complexity index is 1400. The van der Waals surface area contributed by atoms with Crippen LogP contribution in [0.1, 0.15) is 46.6 Å². The van der Waals surface area contributed by atoms with Gasteiger partial charge in [-0.2, -0.15) is 8.78 Å². The van der Waals surface area contributed by atoms with Gasteiger partial charge in [0.05, 0.1) is 1.37 Å². The number of rotatable bonds is 5. The number of nitrogens with one attached hydrogen (secondary N) is 2. The van der Waals surface area contributed by atoms with Crippen molar-refractivity contribution in [3.05, 3.63) is 69.7 Å². The molecule has 1 fully saturated rings. The quantitative estimate of drug-likeness (QED) is 0.659. The topological polar surface area (TPSA) is 95.6 Å². The van der Waals surface area contributed by atoms with Gasteiger partial charge in [0.15, 0.2) is 2.82 Å². The number of piperidine rings is 1. The first-order valence-corrected chi connectivity index (χ1v) is 9.52. The second-order valence-electron chi connectivity index (χ2n) is 6.92. The minimum Gasteiger partial charge on any atom is -0.346 e. The molecule has 0 bridgehead atoms. The van der Waals surface area contributed by atoms with Crippen LogP contribution in [0.5, 0.6) is 0 Å². The van der Waals surface area contributed by atoms with E-state index in [1.807, 2.05) is 0 Å². The predicted molar refractivity (Wildman–Crippen MR) is 110 cm³/mol. The van der Waals surface area contributed by atoms with Crippen molar-refractivity contribution in [1.29, 1.82) is 0 Å².